The number of anilines is 3. The molecule has 2 aromatic heterocycles. The maximum atomic E-state index is 6.42. The fourth-order valence-corrected chi connectivity index (χ4v) is 8.30. The first-order chi connectivity index (χ1) is 28.3. The molecule has 0 aliphatic heterocycles. The van der Waals surface area contributed by atoms with Crippen LogP contribution in [0.25, 0.3) is 83.1 Å². The van der Waals surface area contributed by atoms with Gasteiger partial charge in [-0.3, -0.25) is 0 Å². The third kappa shape index (κ3) is 5.66. The molecule has 4 nitrogen and oxygen atoms in total. The summed E-state index contributed by atoms with van der Waals surface area (Å²) in [5.74, 6) is 0.631. The lowest BCUT2D eigenvalue weighted by Gasteiger charge is -2.28. The van der Waals surface area contributed by atoms with Crippen LogP contribution in [0.1, 0.15) is 0 Å². The first-order valence-corrected chi connectivity index (χ1v) is 19.3. The van der Waals surface area contributed by atoms with Gasteiger partial charge in [0, 0.05) is 44.3 Å². The molecule has 0 saturated carbocycles. The molecule has 0 N–H and O–H groups in total. The van der Waals surface area contributed by atoms with Gasteiger partial charge in [-0.2, -0.15) is 0 Å². The SMILES string of the molecule is c1ccc(-c2nc3ccc4ccc(-c5ccc(N(c6ccc7c(c6)c6ccccc6n7-c6ccccc6)c6ccccc6-c6ccccc6)cc5)cc4c3o2)cc1. The summed E-state index contributed by atoms with van der Waals surface area (Å²) in [6.07, 6.45) is 0. The number of hydrogen-bond donors (Lipinski definition) is 0. The summed E-state index contributed by atoms with van der Waals surface area (Å²) in [6.45, 7) is 0. The summed E-state index contributed by atoms with van der Waals surface area (Å²) in [5.41, 5.74) is 14.0. The van der Waals surface area contributed by atoms with E-state index in [1.807, 2.05) is 36.4 Å². The first kappa shape index (κ1) is 32.7. The van der Waals surface area contributed by atoms with E-state index in [0.717, 1.165) is 66.9 Å². The summed E-state index contributed by atoms with van der Waals surface area (Å²) >= 11 is 0. The van der Waals surface area contributed by atoms with Crippen LogP contribution in [-0.2, 0) is 0 Å². The van der Waals surface area contributed by atoms with E-state index < -0.39 is 0 Å². The van der Waals surface area contributed by atoms with Crippen molar-refractivity contribution in [1.82, 2.24) is 9.55 Å². The molecule has 9 aromatic carbocycles. The highest BCUT2D eigenvalue weighted by molar-refractivity contribution is 6.11. The van der Waals surface area contributed by atoms with Crippen LogP contribution >= 0.6 is 0 Å². The van der Waals surface area contributed by atoms with E-state index in [1.165, 1.54) is 27.4 Å². The van der Waals surface area contributed by atoms with Gasteiger partial charge in [-0.05, 0) is 101 Å². The second-order valence-electron chi connectivity index (χ2n) is 14.4. The number of benzene rings is 9. The molecule has 0 aliphatic carbocycles. The van der Waals surface area contributed by atoms with Gasteiger partial charge in [0.1, 0.15) is 5.52 Å². The molecule has 11 rings (SSSR count). The molecule has 0 saturated heterocycles. The van der Waals surface area contributed by atoms with Crippen LogP contribution in [0.15, 0.2) is 217 Å². The average Bonchev–Trinajstić information content (AvgIpc) is 3.88. The highest BCUT2D eigenvalue weighted by Crippen LogP contribution is 2.44. The van der Waals surface area contributed by atoms with E-state index in [9.17, 15) is 0 Å². The number of aromatic nitrogens is 2. The van der Waals surface area contributed by atoms with Crippen LogP contribution < -0.4 is 4.90 Å². The zero-order valence-corrected chi connectivity index (χ0v) is 31.0. The average molecular weight is 730 g/mol. The molecule has 268 valence electrons. The number of rotatable bonds is 7. The second kappa shape index (κ2) is 13.6. The Bertz CT molecular complexity index is 3220. The van der Waals surface area contributed by atoms with Crippen LogP contribution in [0, 0.1) is 0 Å². The van der Waals surface area contributed by atoms with Gasteiger partial charge in [0.15, 0.2) is 5.58 Å². The molecular weight excluding hydrogens is 695 g/mol. The van der Waals surface area contributed by atoms with Crippen LogP contribution in [-0.4, -0.2) is 9.55 Å². The fraction of sp³-hybridized carbons (Fsp3) is 0. The van der Waals surface area contributed by atoms with Crippen molar-refractivity contribution in [2.75, 3.05) is 4.90 Å². The van der Waals surface area contributed by atoms with Crippen LogP contribution in [0.2, 0.25) is 0 Å². The summed E-state index contributed by atoms with van der Waals surface area (Å²) in [5, 5.41) is 4.59. The zero-order valence-electron chi connectivity index (χ0n) is 31.0. The fourth-order valence-electron chi connectivity index (χ4n) is 8.30. The van der Waals surface area contributed by atoms with E-state index in [0.29, 0.717) is 5.89 Å². The molecule has 0 bridgehead atoms. The lowest BCUT2D eigenvalue weighted by atomic mass is 9.99. The quantitative estimate of drug-likeness (QED) is 0.164. The standard InChI is InChI=1S/C53H35N3O/c1-4-14-37(15-5-1)44-20-10-12-22-49(44)55(43-31-33-51-47(35-43)45-21-11-13-23-50(45)56(51)41-18-8-3-9-19-41)42-29-26-36(27-30-42)40-25-24-38-28-32-48-52(46(38)34-40)57-53(54-48)39-16-6-2-7-17-39/h1-35H. The van der Waals surface area contributed by atoms with E-state index >= 15 is 0 Å². The Hall–Kier alpha value is -7.69. The second-order valence-corrected chi connectivity index (χ2v) is 14.4. The van der Waals surface area contributed by atoms with Crippen LogP contribution in [0.3, 0.4) is 0 Å². The molecule has 4 heteroatoms. The van der Waals surface area contributed by atoms with Gasteiger partial charge in [-0.1, -0.05) is 133 Å². The molecular formula is C53H35N3O. The minimum absolute atomic E-state index is 0.631. The third-order valence-electron chi connectivity index (χ3n) is 11.0. The van der Waals surface area contributed by atoms with Crippen molar-refractivity contribution in [3.8, 4) is 39.4 Å². The number of oxazole rings is 1. The lowest BCUT2D eigenvalue weighted by molar-refractivity contribution is 0.623. The van der Waals surface area contributed by atoms with Gasteiger partial charge in [-0.15, -0.1) is 0 Å². The number of fused-ring (bicyclic) bond motifs is 6. The topological polar surface area (TPSA) is 34.2 Å². The molecule has 0 aliphatic rings. The summed E-state index contributed by atoms with van der Waals surface area (Å²) in [6, 6.07) is 75.3. The van der Waals surface area contributed by atoms with E-state index in [-0.39, 0.29) is 0 Å². The van der Waals surface area contributed by atoms with Gasteiger partial charge >= 0.3 is 0 Å². The van der Waals surface area contributed by atoms with Gasteiger partial charge in [0.25, 0.3) is 0 Å². The predicted molar refractivity (Wildman–Crippen MR) is 237 cm³/mol. The van der Waals surface area contributed by atoms with Crippen molar-refractivity contribution in [2.24, 2.45) is 0 Å². The molecule has 0 radical (unpaired) electrons. The summed E-state index contributed by atoms with van der Waals surface area (Å²) in [7, 11) is 0. The monoisotopic (exact) mass is 729 g/mol. The van der Waals surface area contributed by atoms with E-state index in [4.69, 9.17) is 9.40 Å². The van der Waals surface area contributed by atoms with Crippen LogP contribution in [0.5, 0.6) is 0 Å². The van der Waals surface area contributed by atoms with Crippen molar-refractivity contribution in [2.45, 2.75) is 0 Å². The summed E-state index contributed by atoms with van der Waals surface area (Å²) in [4.78, 5) is 7.22. The highest BCUT2D eigenvalue weighted by Gasteiger charge is 2.20. The normalized spacial score (nSPS) is 11.5. The Morgan fingerprint density at radius 3 is 1.86 bits per heavy atom. The number of nitrogens with zero attached hydrogens (tertiary/aromatic N) is 3. The molecule has 57 heavy (non-hydrogen) atoms. The van der Waals surface area contributed by atoms with E-state index in [1.54, 1.807) is 0 Å². The zero-order chi connectivity index (χ0) is 37.7. The van der Waals surface area contributed by atoms with Crippen molar-refractivity contribution < 1.29 is 4.42 Å². The Labute approximate surface area is 330 Å². The van der Waals surface area contributed by atoms with Gasteiger partial charge in [-0.25, -0.2) is 4.98 Å². The lowest BCUT2D eigenvalue weighted by Crippen LogP contribution is -2.11. The smallest absolute Gasteiger partial charge is 0.227 e. The Morgan fingerprint density at radius 1 is 0.421 bits per heavy atom. The molecule has 11 aromatic rings. The first-order valence-electron chi connectivity index (χ1n) is 19.3. The maximum Gasteiger partial charge on any atom is 0.227 e. The largest absolute Gasteiger partial charge is 0.435 e. The highest BCUT2D eigenvalue weighted by atomic mass is 16.3. The predicted octanol–water partition coefficient (Wildman–Crippen LogP) is 14.5. The Kier molecular flexibility index (Phi) is 7.78. The van der Waals surface area contributed by atoms with Gasteiger partial charge in [0.2, 0.25) is 5.89 Å². The molecule has 0 spiro atoms. The minimum atomic E-state index is 0.631. The Balaban J connectivity index is 1.05. The van der Waals surface area contributed by atoms with Gasteiger partial charge in [0.05, 0.1) is 16.7 Å². The third-order valence-corrected chi connectivity index (χ3v) is 11.0. The van der Waals surface area contributed by atoms with Crippen molar-refractivity contribution in [3.63, 3.8) is 0 Å². The molecule has 0 unspecified atom stereocenters. The number of hydrogen-bond acceptors (Lipinski definition) is 3. The van der Waals surface area contributed by atoms with Gasteiger partial charge < -0.3 is 13.9 Å². The maximum absolute atomic E-state index is 6.42. The van der Waals surface area contributed by atoms with Crippen molar-refractivity contribution >= 4 is 60.7 Å². The molecule has 0 fully saturated rings. The molecule has 0 amide bonds. The van der Waals surface area contributed by atoms with Crippen molar-refractivity contribution in [3.05, 3.63) is 212 Å². The number of para-hydroxylation sites is 3. The minimum Gasteiger partial charge on any atom is -0.435 e. The van der Waals surface area contributed by atoms with E-state index in [2.05, 4.69) is 185 Å². The Morgan fingerprint density at radius 2 is 1.05 bits per heavy atom. The molecule has 0 atom stereocenters. The van der Waals surface area contributed by atoms with Crippen LogP contribution in [0.4, 0.5) is 17.1 Å². The van der Waals surface area contributed by atoms with Crippen molar-refractivity contribution in [1.29, 1.82) is 0 Å². The molecule has 2 heterocycles. The summed E-state index contributed by atoms with van der Waals surface area (Å²) < 4.78 is 8.78.